The highest BCUT2D eigenvalue weighted by atomic mass is 32.2. The molecule has 0 aromatic rings. The predicted molar refractivity (Wildman–Crippen MR) is 41.3 cm³/mol. The highest BCUT2D eigenvalue weighted by molar-refractivity contribution is 7.99. The van der Waals surface area contributed by atoms with Gasteiger partial charge in [0, 0.05) is 5.25 Å². The van der Waals surface area contributed by atoms with E-state index in [1.165, 1.54) is 0 Å². The molecule has 4 heteroatoms. The summed E-state index contributed by atoms with van der Waals surface area (Å²) in [6, 6.07) is -0.324. The van der Waals surface area contributed by atoms with E-state index in [4.69, 9.17) is 5.11 Å². The fourth-order valence-electron chi connectivity index (χ4n) is 1.18. The molecule has 0 aromatic heterocycles. The summed E-state index contributed by atoms with van der Waals surface area (Å²) >= 11 is 1.63. The number of hydrogen-bond acceptors (Lipinski definition) is 3. The number of nitrogens with one attached hydrogen (secondary N) is 1. The molecule has 10 heavy (non-hydrogen) atoms. The predicted octanol–water partition coefficient (Wildman–Crippen LogP) is 0.165. The molecular formula is C6H11NO2S. The molecule has 0 aliphatic carbocycles. The lowest BCUT2D eigenvalue weighted by Gasteiger charge is -2.11. The van der Waals surface area contributed by atoms with Crippen LogP contribution < -0.4 is 5.32 Å². The summed E-state index contributed by atoms with van der Waals surface area (Å²) < 4.78 is 0. The van der Waals surface area contributed by atoms with Gasteiger partial charge in [-0.05, 0) is 19.2 Å². The third-order valence-corrected chi connectivity index (χ3v) is 2.85. The van der Waals surface area contributed by atoms with Crippen molar-refractivity contribution in [3.8, 4) is 0 Å². The van der Waals surface area contributed by atoms with Crippen LogP contribution in [0.2, 0.25) is 0 Å². The Morgan fingerprint density at radius 1 is 1.80 bits per heavy atom. The van der Waals surface area contributed by atoms with Crippen LogP contribution in [-0.2, 0) is 4.79 Å². The molecule has 2 N–H and O–H groups in total. The summed E-state index contributed by atoms with van der Waals surface area (Å²) in [5.41, 5.74) is 0. The minimum absolute atomic E-state index is 0.262. The van der Waals surface area contributed by atoms with Crippen molar-refractivity contribution in [3.63, 3.8) is 0 Å². The van der Waals surface area contributed by atoms with E-state index in [9.17, 15) is 4.79 Å². The van der Waals surface area contributed by atoms with E-state index in [1.807, 2.05) is 6.26 Å². The lowest BCUT2D eigenvalue weighted by molar-refractivity contribution is -0.138. The number of carboxylic acid groups (broad SMARTS) is 1. The number of rotatable bonds is 2. The van der Waals surface area contributed by atoms with Crippen LogP contribution in [0.4, 0.5) is 0 Å². The molecule has 3 nitrogen and oxygen atoms in total. The Kier molecular flexibility index (Phi) is 2.56. The largest absolute Gasteiger partial charge is 0.480 e. The van der Waals surface area contributed by atoms with Gasteiger partial charge >= 0.3 is 5.97 Å². The van der Waals surface area contributed by atoms with E-state index in [2.05, 4.69) is 5.32 Å². The Labute approximate surface area is 64.2 Å². The van der Waals surface area contributed by atoms with Gasteiger partial charge < -0.3 is 10.4 Å². The minimum Gasteiger partial charge on any atom is -0.480 e. The van der Waals surface area contributed by atoms with E-state index in [1.54, 1.807) is 11.8 Å². The zero-order valence-corrected chi connectivity index (χ0v) is 6.65. The first-order valence-electron chi connectivity index (χ1n) is 3.24. The second-order valence-corrected chi connectivity index (χ2v) is 3.41. The molecule has 58 valence electrons. The van der Waals surface area contributed by atoms with Crippen LogP contribution in [0, 0.1) is 0 Å². The second kappa shape index (κ2) is 3.25. The van der Waals surface area contributed by atoms with Crippen molar-refractivity contribution < 1.29 is 9.90 Å². The van der Waals surface area contributed by atoms with Gasteiger partial charge in [-0.2, -0.15) is 11.8 Å². The van der Waals surface area contributed by atoms with Crippen molar-refractivity contribution in [1.29, 1.82) is 0 Å². The average molecular weight is 161 g/mol. The van der Waals surface area contributed by atoms with E-state index in [0.717, 1.165) is 13.0 Å². The van der Waals surface area contributed by atoms with Crippen LogP contribution in [0.15, 0.2) is 0 Å². The molecule has 1 saturated heterocycles. The standard InChI is InChI=1S/C6H11NO2S/c1-10-4-2-3-7-5(4)6(8)9/h4-5,7H,2-3H2,1H3,(H,8,9)/t4?,5-/m0/s1. The molecule has 2 atom stereocenters. The molecule has 0 saturated carbocycles. The lowest BCUT2D eigenvalue weighted by Crippen LogP contribution is -2.36. The Balaban J connectivity index is 2.50. The molecule has 0 amide bonds. The molecular weight excluding hydrogens is 150 g/mol. The Morgan fingerprint density at radius 2 is 2.50 bits per heavy atom. The third-order valence-electron chi connectivity index (χ3n) is 1.73. The van der Waals surface area contributed by atoms with Gasteiger partial charge in [-0.3, -0.25) is 4.79 Å². The van der Waals surface area contributed by atoms with Crippen LogP contribution in [0.5, 0.6) is 0 Å². The normalized spacial score (nSPS) is 32.5. The van der Waals surface area contributed by atoms with Gasteiger partial charge in [0.25, 0.3) is 0 Å². The summed E-state index contributed by atoms with van der Waals surface area (Å²) in [6.07, 6.45) is 2.92. The maximum atomic E-state index is 10.5. The van der Waals surface area contributed by atoms with Gasteiger partial charge in [0.05, 0.1) is 0 Å². The molecule has 1 aliphatic rings. The minimum atomic E-state index is -0.725. The third kappa shape index (κ3) is 1.44. The highest BCUT2D eigenvalue weighted by Gasteiger charge is 2.31. The summed E-state index contributed by atoms with van der Waals surface area (Å²) in [5, 5.41) is 11.8. The maximum absolute atomic E-state index is 10.5. The van der Waals surface area contributed by atoms with Gasteiger partial charge in [0.2, 0.25) is 0 Å². The Bertz CT molecular complexity index is 140. The van der Waals surface area contributed by atoms with E-state index in [-0.39, 0.29) is 11.3 Å². The van der Waals surface area contributed by atoms with Crippen LogP contribution in [0.1, 0.15) is 6.42 Å². The van der Waals surface area contributed by atoms with E-state index in [0.29, 0.717) is 0 Å². The van der Waals surface area contributed by atoms with Gasteiger partial charge in [-0.25, -0.2) is 0 Å². The summed E-state index contributed by atoms with van der Waals surface area (Å²) in [4.78, 5) is 10.5. The zero-order chi connectivity index (χ0) is 7.56. The quantitative estimate of drug-likeness (QED) is 0.606. The van der Waals surface area contributed by atoms with Crippen molar-refractivity contribution >= 4 is 17.7 Å². The van der Waals surface area contributed by atoms with Crippen LogP contribution >= 0.6 is 11.8 Å². The van der Waals surface area contributed by atoms with Crippen molar-refractivity contribution in [2.45, 2.75) is 17.7 Å². The van der Waals surface area contributed by atoms with E-state index >= 15 is 0 Å². The van der Waals surface area contributed by atoms with E-state index < -0.39 is 5.97 Å². The van der Waals surface area contributed by atoms with Crippen LogP contribution in [0.3, 0.4) is 0 Å². The van der Waals surface area contributed by atoms with Gasteiger partial charge in [0.1, 0.15) is 6.04 Å². The fraction of sp³-hybridized carbons (Fsp3) is 0.833. The monoisotopic (exact) mass is 161 g/mol. The molecule has 0 aromatic carbocycles. The average Bonchev–Trinajstić information content (AvgIpc) is 2.33. The molecule has 1 heterocycles. The van der Waals surface area contributed by atoms with Gasteiger partial charge in [-0.15, -0.1) is 0 Å². The first kappa shape index (κ1) is 7.88. The first-order chi connectivity index (χ1) is 4.75. The molecule has 0 spiro atoms. The number of thioether (sulfide) groups is 1. The Hall–Kier alpha value is -0.220. The van der Waals surface area contributed by atoms with Crippen molar-refractivity contribution in [2.75, 3.05) is 12.8 Å². The SMILES string of the molecule is CSC1CCN[C@@H]1C(=O)O. The maximum Gasteiger partial charge on any atom is 0.321 e. The zero-order valence-electron chi connectivity index (χ0n) is 5.83. The number of carboxylic acids is 1. The summed E-state index contributed by atoms with van der Waals surface area (Å²) in [7, 11) is 0. The molecule has 0 bridgehead atoms. The summed E-state index contributed by atoms with van der Waals surface area (Å²) in [5.74, 6) is -0.725. The van der Waals surface area contributed by atoms with Crippen molar-refractivity contribution in [1.82, 2.24) is 5.32 Å². The summed E-state index contributed by atoms with van der Waals surface area (Å²) in [6.45, 7) is 0.836. The van der Waals surface area contributed by atoms with Crippen LogP contribution in [-0.4, -0.2) is 35.2 Å². The van der Waals surface area contributed by atoms with Crippen molar-refractivity contribution in [3.05, 3.63) is 0 Å². The molecule has 1 fully saturated rings. The number of carbonyl (C=O) groups is 1. The van der Waals surface area contributed by atoms with Crippen molar-refractivity contribution in [2.24, 2.45) is 0 Å². The van der Waals surface area contributed by atoms with Crippen LogP contribution in [0.25, 0.3) is 0 Å². The number of aliphatic carboxylic acids is 1. The highest BCUT2D eigenvalue weighted by Crippen LogP contribution is 2.19. The van der Waals surface area contributed by atoms with Gasteiger partial charge in [-0.1, -0.05) is 0 Å². The lowest BCUT2D eigenvalue weighted by atomic mass is 10.2. The smallest absolute Gasteiger partial charge is 0.321 e. The first-order valence-corrected chi connectivity index (χ1v) is 4.53. The second-order valence-electron chi connectivity index (χ2n) is 2.33. The molecule has 1 unspecified atom stereocenters. The molecule has 1 aliphatic heterocycles. The topological polar surface area (TPSA) is 49.3 Å². The molecule has 1 rings (SSSR count). The molecule has 0 radical (unpaired) electrons. The number of hydrogen-bond donors (Lipinski definition) is 2. The Morgan fingerprint density at radius 3 is 2.90 bits per heavy atom. The fourth-order valence-corrected chi connectivity index (χ4v) is 2.02. The van der Waals surface area contributed by atoms with Gasteiger partial charge in [0.15, 0.2) is 0 Å².